The Hall–Kier alpha value is -0.180. The average Bonchev–Trinajstić information content (AvgIpc) is 2.05. The van der Waals surface area contributed by atoms with Crippen molar-refractivity contribution in [2.75, 3.05) is 0 Å². The standard InChI is InChI=1S/C9H14O2S/c10-8(11)9-3-1-6(2-4-9)7(12)5-9/h6-7,12H,1-5H2,(H,10,11). The lowest BCUT2D eigenvalue weighted by atomic mass is 9.60. The maximum absolute atomic E-state index is 11.0. The van der Waals surface area contributed by atoms with Crippen molar-refractivity contribution in [3.63, 3.8) is 0 Å². The third-order valence-corrected chi connectivity index (χ3v) is 4.19. The maximum Gasteiger partial charge on any atom is 0.309 e. The van der Waals surface area contributed by atoms with Crippen LogP contribution in [0.4, 0.5) is 0 Å². The second-order valence-corrected chi connectivity index (χ2v) is 4.86. The molecule has 1 atom stereocenters. The van der Waals surface area contributed by atoms with Gasteiger partial charge in [0, 0.05) is 5.25 Å². The van der Waals surface area contributed by atoms with E-state index < -0.39 is 11.4 Å². The molecule has 0 spiro atoms. The third kappa shape index (κ3) is 1.06. The average molecular weight is 186 g/mol. The van der Waals surface area contributed by atoms with Crippen LogP contribution in [0.5, 0.6) is 0 Å². The van der Waals surface area contributed by atoms with Gasteiger partial charge in [0.15, 0.2) is 0 Å². The van der Waals surface area contributed by atoms with Crippen molar-refractivity contribution < 1.29 is 9.90 Å². The predicted molar refractivity (Wildman–Crippen MR) is 49.4 cm³/mol. The number of carboxylic acids is 1. The summed E-state index contributed by atoms with van der Waals surface area (Å²) >= 11 is 4.45. The number of thiol groups is 1. The highest BCUT2D eigenvalue weighted by molar-refractivity contribution is 7.81. The van der Waals surface area contributed by atoms with Crippen molar-refractivity contribution >= 4 is 18.6 Å². The Bertz CT molecular complexity index is 207. The number of hydrogen-bond acceptors (Lipinski definition) is 2. The first-order valence-electron chi connectivity index (χ1n) is 4.55. The Morgan fingerprint density at radius 1 is 1.42 bits per heavy atom. The van der Waals surface area contributed by atoms with E-state index in [1.54, 1.807) is 0 Å². The highest BCUT2D eigenvalue weighted by atomic mass is 32.1. The number of hydrogen-bond donors (Lipinski definition) is 2. The van der Waals surface area contributed by atoms with E-state index >= 15 is 0 Å². The van der Waals surface area contributed by atoms with Crippen molar-refractivity contribution in [3.05, 3.63) is 0 Å². The largest absolute Gasteiger partial charge is 0.481 e. The molecule has 0 radical (unpaired) electrons. The minimum Gasteiger partial charge on any atom is -0.481 e. The van der Waals surface area contributed by atoms with Crippen LogP contribution in [-0.4, -0.2) is 16.3 Å². The van der Waals surface area contributed by atoms with E-state index in [-0.39, 0.29) is 0 Å². The van der Waals surface area contributed by atoms with E-state index in [1.165, 1.54) is 0 Å². The van der Waals surface area contributed by atoms with Crippen molar-refractivity contribution in [2.45, 2.75) is 37.4 Å². The van der Waals surface area contributed by atoms with Gasteiger partial charge in [0.25, 0.3) is 0 Å². The van der Waals surface area contributed by atoms with Crippen LogP contribution in [0.25, 0.3) is 0 Å². The molecule has 1 unspecified atom stereocenters. The van der Waals surface area contributed by atoms with Gasteiger partial charge in [-0.15, -0.1) is 0 Å². The van der Waals surface area contributed by atoms with Gasteiger partial charge in [-0.2, -0.15) is 12.6 Å². The molecule has 0 aromatic heterocycles. The Labute approximate surface area is 77.8 Å². The van der Waals surface area contributed by atoms with Gasteiger partial charge in [0.2, 0.25) is 0 Å². The quantitative estimate of drug-likeness (QED) is 0.614. The van der Waals surface area contributed by atoms with Gasteiger partial charge >= 0.3 is 5.97 Å². The van der Waals surface area contributed by atoms with Crippen molar-refractivity contribution in [1.29, 1.82) is 0 Å². The molecule has 0 aliphatic heterocycles. The van der Waals surface area contributed by atoms with Crippen LogP contribution in [0.1, 0.15) is 32.1 Å². The lowest BCUT2D eigenvalue weighted by Crippen LogP contribution is -2.45. The van der Waals surface area contributed by atoms with Crippen LogP contribution in [0.3, 0.4) is 0 Å². The lowest BCUT2D eigenvalue weighted by molar-refractivity contribution is -0.155. The molecular weight excluding hydrogens is 172 g/mol. The number of fused-ring (bicyclic) bond motifs is 3. The zero-order valence-corrected chi connectivity index (χ0v) is 7.89. The van der Waals surface area contributed by atoms with Crippen LogP contribution in [0.15, 0.2) is 0 Å². The fraction of sp³-hybridized carbons (Fsp3) is 0.889. The second-order valence-electron chi connectivity index (χ2n) is 4.19. The summed E-state index contributed by atoms with van der Waals surface area (Å²) in [7, 11) is 0. The van der Waals surface area contributed by atoms with Crippen molar-refractivity contribution in [3.8, 4) is 0 Å². The predicted octanol–water partition coefficient (Wildman–Crippen LogP) is 1.95. The number of carbonyl (C=O) groups is 1. The first-order valence-corrected chi connectivity index (χ1v) is 5.07. The van der Waals surface area contributed by atoms with Crippen LogP contribution < -0.4 is 0 Å². The molecule has 3 aliphatic rings. The van der Waals surface area contributed by atoms with Gasteiger partial charge in [-0.3, -0.25) is 4.79 Å². The SMILES string of the molecule is O=C(O)C12CCC(CC1)C(S)C2. The monoisotopic (exact) mass is 186 g/mol. The fourth-order valence-corrected chi connectivity index (χ4v) is 3.30. The molecule has 0 aromatic carbocycles. The van der Waals surface area contributed by atoms with Gasteiger partial charge in [-0.25, -0.2) is 0 Å². The number of aliphatic carboxylic acids is 1. The minimum absolute atomic E-state index is 0.337. The van der Waals surface area contributed by atoms with Crippen LogP contribution >= 0.6 is 12.6 Å². The summed E-state index contributed by atoms with van der Waals surface area (Å²) in [6.45, 7) is 0. The molecule has 0 saturated heterocycles. The molecule has 0 aromatic rings. The highest BCUT2D eigenvalue weighted by Crippen LogP contribution is 2.51. The fourth-order valence-electron chi connectivity index (χ4n) is 2.65. The van der Waals surface area contributed by atoms with E-state index in [4.69, 9.17) is 5.11 Å². The summed E-state index contributed by atoms with van der Waals surface area (Å²) in [5.74, 6) is 0.0919. The van der Waals surface area contributed by atoms with Crippen LogP contribution in [-0.2, 0) is 4.79 Å². The first kappa shape index (κ1) is 8.42. The van der Waals surface area contributed by atoms with Gasteiger partial charge in [0.1, 0.15) is 0 Å². The Balaban J connectivity index is 2.21. The normalized spacial score (nSPS) is 46.1. The van der Waals surface area contributed by atoms with Gasteiger partial charge in [-0.05, 0) is 38.0 Å². The van der Waals surface area contributed by atoms with E-state index in [0.29, 0.717) is 11.2 Å². The van der Waals surface area contributed by atoms with Crippen molar-refractivity contribution in [1.82, 2.24) is 0 Å². The molecule has 3 fully saturated rings. The Kier molecular flexibility index (Phi) is 1.86. The smallest absolute Gasteiger partial charge is 0.309 e. The Morgan fingerprint density at radius 2 is 2.00 bits per heavy atom. The molecule has 2 bridgehead atoms. The molecule has 68 valence electrons. The maximum atomic E-state index is 11.0. The summed E-state index contributed by atoms with van der Waals surface area (Å²) in [5, 5.41) is 9.43. The minimum atomic E-state index is -0.597. The molecule has 2 nitrogen and oxygen atoms in total. The zero-order valence-electron chi connectivity index (χ0n) is 6.99. The van der Waals surface area contributed by atoms with E-state index in [2.05, 4.69) is 12.6 Å². The molecule has 3 rings (SSSR count). The Morgan fingerprint density at radius 3 is 2.33 bits per heavy atom. The number of carboxylic acid groups (broad SMARTS) is 1. The summed E-state index contributed by atoms with van der Waals surface area (Å²) in [4.78, 5) is 11.0. The molecule has 12 heavy (non-hydrogen) atoms. The van der Waals surface area contributed by atoms with E-state index in [0.717, 1.165) is 32.1 Å². The molecule has 1 N–H and O–H groups in total. The highest BCUT2D eigenvalue weighted by Gasteiger charge is 2.49. The van der Waals surface area contributed by atoms with Gasteiger partial charge in [-0.1, -0.05) is 0 Å². The molecule has 0 amide bonds. The number of rotatable bonds is 1. The third-order valence-electron chi connectivity index (χ3n) is 3.59. The topological polar surface area (TPSA) is 37.3 Å². The van der Waals surface area contributed by atoms with E-state index in [9.17, 15) is 4.79 Å². The van der Waals surface area contributed by atoms with Crippen molar-refractivity contribution in [2.24, 2.45) is 11.3 Å². The van der Waals surface area contributed by atoms with Gasteiger partial charge in [0.05, 0.1) is 5.41 Å². The summed E-state index contributed by atoms with van der Waals surface area (Å²) in [6, 6.07) is 0. The lowest BCUT2D eigenvalue weighted by Gasteiger charge is -2.46. The molecular formula is C9H14O2S. The molecule has 0 heterocycles. The zero-order chi connectivity index (χ0) is 8.77. The van der Waals surface area contributed by atoms with E-state index in [1.807, 2.05) is 0 Å². The first-order chi connectivity index (χ1) is 5.64. The van der Waals surface area contributed by atoms with Gasteiger partial charge < -0.3 is 5.11 Å². The molecule has 3 saturated carbocycles. The summed E-state index contributed by atoms with van der Waals surface area (Å²) in [5.41, 5.74) is -0.402. The summed E-state index contributed by atoms with van der Waals surface area (Å²) in [6.07, 6.45) is 4.69. The second kappa shape index (κ2) is 2.66. The van der Waals surface area contributed by atoms with Crippen LogP contribution in [0.2, 0.25) is 0 Å². The molecule has 3 aliphatic carbocycles. The van der Waals surface area contributed by atoms with Crippen LogP contribution in [0, 0.1) is 11.3 Å². The summed E-state index contributed by atoms with van der Waals surface area (Å²) < 4.78 is 0. The molecule has 3 heteroatoms.